The van der Waals surface area contributed by atoms with Crippen molar-refractivity contribution in [2.45, 2.75) is 38.1 Å². The Bertz CT molecular complexity index is 321. The molecule has 0 bridgehead atoms. The van der Waals surface area contributed by atoms with Gasteiger partial charge in [-0.3, -0.25) is 9.69 Å². The fourth-order valence-corrected chi connectivity index (χ4v) is 2.81. The maximum Gasteiger partial charge on any atom is 0.240 e. The Balaban J connectivity index is 1.82. The van der Waals surface area contributed by atoms with Crippen LogP contribution in [0.25, 0.3) is 0 Å². The number of carbonyl (C=O) groups excluding carboxylic acids is 1. The molecule has 1 aliphatic carbocycles. The first-order chi connectivity index (χ1) is 8.68. The minimum Gasteiger partial charge on any atom is -0.318 e. The zero-order valence-corrected chi connectivity index (χ0v) is 11.6. The molecule has 102 valence electrons. The summed E-state index contributed by atoms with van der Waals surface area (Å²) < 4.78 is 0. The number of nitrogens with one attached hydrogen (secondary N) is 1. The number of hydrogen-bond acceptors (Lipinski definition) is 3. The van der Waals surface area contributed by atoms with Gasteiger partial charge in [-0.25, -0.2) is 0 Å². The van der Waals surface area contributed by atoms with E-state index in [1.165, 1.54) is 12.1 Å². The second-order valence-corrected chi connectivity index (χ2v) is 5.44. The monoisotopic (exact) mass is 251 g/mol. The maximum atomic E-state index is 12.2. The Morgan fingerprint density at radius 2 is 2.11 bits per heavy atom. The first-order valence-electron chi connectivity index (χ1n) is 7.05. The van der Waals surface area contributed by atoms with Crippen LogP contribution in [0.5, 0.6) is 0 Å². The number of amides is 1. The largest absolute Gasteiger partial charge is 0.318 e. The Hall–Kier alpha value is -0.870. The molecule has 1 fully saturated rings. The predicted octanol–water partition coefficient (Wildman–Crippen LogP) is 1.20. The lowest BCUT2D eigenvalue weighted by Gasteiger charge is -2.32. The van der Waals surface area contributed by atoms with E-state index in [1.54, 1.807) is 0 Å². The van der Waals surface area contributed by atoms with E-state index in [1.807, 2.05) is 11.9 Å². The molecule has 0 aromatic carbocycles. The van der Waals surface area contributed by atoms with Crippen molar-refractivity contribution in [1.29, 1.82) is 0 Å². The highest BCUT2D eigenvalue weighted by Gasteiger charge is 2.22. The molecule has 1 saturated heterocycles. The Morgan fingerprint density at radius 3 is 2.72 bits per heavy atom. The lowest BCUT2D eigenvalue weighted by Crippen LogP contribution is -2.45. The molecule has 1 heterocycles. The van der Waals surface area contributed by atoms with Gasteiger partial charge in [-0.15, -0.1) is 0 Å². The molecule has 4 nitrogen and oxygen atoms in total. The summed E-state index contributed by atoms with van der Waals surface area (Å²) in [6.07, 6.45) is 7.86. The van der Waals surface area contributed by atoms with Crippen molar-refractivity contribution >= 4 is 5.91 Å². The van der Waals surface area contributed by atoms with Gasteiger partial charge in [0.1, 0.15) is 0 Å². The summed E-state index contributed by atoms with van der Waals surface area (Å²) in [5.41, 5.74) is 1.21. The molecule has 2 rings (SSSR count). The van der Waals surface area contributed by atoms with Gasteiger partial charge in [-0.05, 0) is 52.2 Å². The molecule has 0 aromatic heterocycles. The van der Waals surface area contributed by atoms with Crippen LogP contribution in [0.15, 0.2) is 11.8 Å². The van der Waals surface area contributed by atoms with Gasteiger partial charge >= 0.3 is 0 Å². The lowest BCUT2D eigenvalue weighted by atomic mass is 10.1. The Morgan fingerprint density at radius 1 is 1.39 bits per heavy atom. The van der Waals surface area contributed by atoms with E-state index in [4.69, 9.17) is 0 Å². The van der Waals surface area contributed by atoms with E-state index < -0.39 is 0 Å². The molecule has 0 saturated carbocycles. The van der Waals surface area contributed by atoms with Crippen molar-refractivity contribution in [3.05, 3.63) is 11.8 Å². The van der Waals surface area contributed by atoms with Gasteiger partial charge < -0.3 is 10.2 Å². The number of allylic oxidation sites excluding steroid dienone is 2. The van der Waals surface area contributed by atoms with E-state index in [0.717, 1.165) is 38.8 Å². The topological polar surface area (TPSA) is 35.6 Å². The van der Waals surface area contributed by atoms with Crippen LogP contribution < -0.4 is 5.32 Å². The molecule has 1 amide bonds. The third-order valence-corrected chi connectivity index (χ3v) is 4.14. The highest BCUT2D eigenvalue weighted by Crippen LogP contribution is 2.20. The van der Waals surface area contributed by atoms with E-state index in [0.29, 0.717) is 12.6 Å². The van der Waals surface area contributed by atoms with Gasteiger partial charge in [0.25, 0.3) is 0 Å². The molecular weight excluding hydrogens is 226 g/mol. The number of nitrogens with zero attached hydrogens (tertiary/aromatic N) is 2. The van der Waals surface area contributed by atoms with Gasteiger partial charge in [0.2, 0.25) is 5.91 Å². The standard InChI is InChI=1S/C14H25N3O/c1-16(12-7-9-15-10-8-12)11-14(18)17(2)13-5-3-4-6-13/h5,12,15H,3-4,6-11H2,1-2H3. The van der Waals surface area contributed by atoms with E-state index in [-0.39, 0.29) is 5.91 Å². The predicted molar refractivity (Wildman–Crippen MR) is 73.2 cm³/mol. The summed E-state index contributed by atoms with van der Waals surface area (Å²) in [7, 11) is 3.99. The van der Waals surface area contributed by atoms with Crippen LogP contribution in [0.1, 0.15) is 32.1 Å². The quantitative estimate of drug-likeness (QED) is 0.815. The van der Waals surface area contributed by atoms with Gasteiger partial charge in [-0.2, -0.15) is 0 Å². The first kappa shape index (κ1) is 13.6. The molecule has 18 heavy (non-hydrogen) atoms. The van der Waals surface area contributed by atoms with Crippen LogP contribution >= 0.6 is 0 Å². The molecule has 0 atom stereocenters. The lowest BCUT2D eigenvalue weighted by molar-refractivity contribution is -0.129. The molecule has 0 aromatic rings. The number of piperidine rings is 1. The molecular formula is C14H25N3O. The van der Waals surface area contributed by atoms with Crippen molar-refractivity contribution in [3.63, 3.8) is 0 Å². The summed E-state index contributed by atoms with van der Waals surface area (Å²) in [6.45, 7) is 2.69. The second-order valence-electron chi connectivity index (χ2n) is 5.44. The molecule has 0 spiro atoms. The van der Waals surface area contributed by atoms with Crippen LogP contribution in [0.4, 0.5) is 0 Å². The average Bonchev–Trinajstić information content (AvgIpc) is 2.92. The van der Waals surface area contributed by atoms with E-state index in [9.17, 15) is 4.79 Å². The van der Waals surface area contributed by atoms with Crippen LogP contribution in [0.3, 0.4) is 0 Å². The normalized spacial score (nSPS) is 21.2. The Labute approximate surface area is 110 Å². The molecule has 0 radical (unpaired) electrons. The van der Waals surface area contributed by atoms with Gasteiger partial charge in [0.15, 0.2) is 0 Å². The van der Waals surface area contributed by atoms with Crippen LogP contribution in [0, 0.1) is 0 Å². The molecule has 1 aliphatic heterocycles. The second kappa shape index (κ2) is 6.34. The smallest absolute Gasteiger partial charge is 0.240 e. The van der Waals surface area contributed by atoms with Crippen molar-refractivity contribution < 1.29 is 4.79 Å². The summed E-state index contributed by atoms with van der Waals surface area (Å²) in [5.74, 6) is 0.226. The van der Waals surface area contributed by atoms with Crippen molar-refractivity contribution in [2.24, 2.45) is 0 Å². The highest BCUT2D eigenvalue weighted by molar-refractivity contribution is 5.79. The molecule has 1 N–H and O–H groups in total. The van der Waals surface area contributed by atoms with Crippen molar-refractivity contribution in [2.75, 3.05) is 33.7 Å². The first-order valence-corrected chi connectivity index (χ1v) is 7.05. The minimum absolute atomic E-state index is 0.226. The summed E-state index contributed by atoms with van der Waals surface area (Å²) in [6, 6.07) is 0.557. The zero-order chi connectivity index (χ0) is 13.0. The minimum atomic E-state index is 0.226. The highest BCUT2D eigenvalue weighted by atomic mass is 16.2. The summed E-state index contributed by atoms with van der Waals surface area (Å²) >= 11 is 0. The zero-order valence-electron chi connectivity index (χ0n) is 11.6. The molecule has 2 aliphatic rings. The number of rotatable bonds is 4. The van der Waals surface area contributed by atoms with E-state index in [2.05, 4.69) is 23.3 Å². The fraction of sp³-hybridized carbons (Fsp3) is 0.786. The fourth-order valence-electron chi connectivity index (χ4n) is 2.81. The van der Waals surface area contributed by atoms with Crippen LogP contribution in [-0.2, 0) is 4.79 Å². The van der Waals surface area contributed by atoms with Crippen molar-refractivity contribution in [3.8, 4) is 0 Å². The van der Waals surface area contributed by atoms with E-state index >= 15 is 0 Å². The number of likely N-dealkylation sites (N-methyl/N-ethyl adjacent to an activating group) is 2. The number of hydrogen-bond donors (Lipinski definition) is 1. The van der Waals surface area contributed by atoms with Crippen LogP contribution in [0.2, 0.25) is 0 Å². The average molecular weight is 251 g/mol. The molecule has 0 unspecified atom stereocenters. The summed E-state index contributed by atoms with van der Waals surface area (Å²) in [4.78, 5) is 16.3. The van der Waals surface area contributed by atoms with Crippen molar-refractivity contribution in [1.82, 2.24) is 15.1 Å². The third-order valence-electron chi connectivity index (χ3n) is 4.14. The summed E-state index contributed by atoms with van der Waals surface area (Å²) in [5, 5.41) is 3.36. The Kier molecular flexibility index (Phi) is 4.78. The van der Waals surface area contributed by atoms with Crippen LogP contribution in [-0.4, -0.2) is 55.5 Å². The van der Waals surface area contributed by atoms with Gasteiger partial charge in [-0.1, -0.05) is 6.08 Å². The van der Waals surface area contributed by atoms with Gasteiger partial charge in [0.05, 0.1) is 6.54 Å². The number of carbonyl (C=O) groups is 1. The SMILES string of the molecule is CN(C(=O)CN(C)C1CCNCC1)C1=CCCC1. The maximum absolute atomic E-state index is 12.2. The third kappa shape index (κ3) is 3.33. The molecule has 4 heteroatoms. The van der Waals surface area contributed by atoms with Gasteiger partial charge in [0, 0.05) is 18.8 Å².